The first kappa shape index (κ1) is 17.3. The summed E-state index contributed by atoms with van der Waals surface area (Å²) < 4.78 is 15.5. The highest BCUT2D eigenvalue weighted by atomic mass is 35.5. The van der Waals surface area contributed by atoms with Crippen LogP contribution in [0.25, 0.3) is 16.6 Å². The number of pyridine rings is 1. The van der Waals surface area contributed by atoms with Gasteiger partial charge in [-0.05, 0) is 43.3 Å². The number of nitrogens with one attached hydrogen (secondary N) is 2. The van der Waals surface area contributed by atoms with E-state index in [0.29, 0.717) is 16.5 Å². The Balaban J connectivity index is 1.66. The van der Waals surface area contributed by atoms with Crippen molar-refractivity contribution >= 4 is 28.2 Å². The molecule has 0 radical (unpaired) electrons. The lowest BCUT2D eigenvalue weighted by molar-refractivity contribution is 0.629. The first-order valence-electron chi connectivity index (χ1n) is 8.38. The van der Waals surface area contributed by atoms with Crippen molar-refractivity contribution in [1.29, 1.82) is 0 Å². The van der Waals surface area contributed by atoms with E-state index in [1.807, 2.05) is 42.0 Å². The third-order valence-corrected chi connectivity index (χ3v) is 4.70. The minimum Gasteiger partial charge on any atom is -0.378 e. The van der Waals surface area contributed by atoms with E-state index < -0.39 is 5.82 Å². The molecule has 0 aliphatic rings. The van der Waals surface area contributed by atoms with Gasteiger partial charge in [-0.1, -0.05) is 17.7 Å². The molecule has 136 valence electrons. The molecule has 0 aliphatic carbocycles. The molecule has 2 N–H and O–H groups in total. The van der Waals surface area contributed by atoms with Crippen molar-refractivity contribution in [3.63, 3.8) is 0 Å². The molecule has 2 aromatic carbocycles. The number of halogens is 2. The topological polar surface area (TPSA) is 62.7 Å². The molecule has 0 aliphatic heterocycles. The van der Waals surface area contributed by atoms with Gasteiger partial charge in [-0.2, -0.15) is 0 Å². The average Bonchev–Trinajstić information content (AvgIpc) is 3.17. The summed E-state index contributed by atoms with van der Waals surface area (Å²) in [5.74, 6) is -0.560. The Labute approximate surface area is 159 Å². The second-order valence-corrected chi connectivity index (χ2v) is 6.70. The predicted octanol–water partition coefficient (Wildman–Crippen LogP) is 4.68. The van der Waals surface area contributed by atoms with Crippen molar-refractivity contribution in [2.45, 2.75) is 13.0 Å². The maximum Gasteiger partial charge on any atom is 0.253 e. The quantitative estimate of drug-likeness (QED) is 0.538. The van der Waals surface area contributed by atoms with Gasteiger partial charge in [0.2, 0.25) is 0 Å². The number of aromatic nitrogens is 3. The van der Waals surface area contributed by atoms with Crippen LogP contribution in [0.5, 0.6) is 0 Å². The Kier molecular flexibility index (Phi) is 4.41. The number of hydrogen-bond acceptors (Lipinski definition) is 3. The molecule has 0 unspecified atom stereocenters. The molecule has 2 heterocycles. The van der Waals surface area contributed by atoms with Gasteiger partial charge in [0, 0.05) is 34.7 Å². The first-order valence-corrected chi connectivity index (χ1v) is 8.76. The van der Waals surface area contributed by atoms with E-state index >= 15 is 0 Å². The zero-order valence-electron chi connectivity index (χ0n) is 14.4. The van der Waals surface area contributed by atoms with Gasteiger partial charge in [0.25, 0.3) is 5.56 Å². The van der Waals surface area contributed by atoms with E-state index in [9.17, 15) is 9.18 Å². The predicted molar refractivity (Wildman–Crippen MR) is 105 cm³/mol. The maximum atomic E-state index is 13.6. The summed E-state index contributed by atoms with van der Waals surface area (Å²) in [7, 11) is 0. The minimum atomic E-state index is -0.560. The Hall–Kier alpha value is -3.12. The van der Waals surface area contributed by atoms with Crippen molar-refractivity contribution in [2.24, 2.45) is 0 Å². The number of hydrogen-bond donors (Lipinski definition) is 2. The third-order valence-electron chi connectivity index (χ3n) is 4.41. The highest BCUT2D eigenvalue weighted by Gasteiger charge is 2.13. The summed E-state index contributed by atoms with van der Waals surface area (Å²) >= 11 is 5.87. The first-order chi connectivity index (χ1) is 13.0. The standard InChI is InChI=1S/C20H16ClFN4O/c1-12(24-14-3-2-4-15(9-14)26-6-5-23-11-26)16-7-13-8-17(21)18(22)10-19(13)25-20(16)27/h2-12,24H,1H3,(H,25,27)/t12-/m0/s1. The fraction of sp³-hybridized carbons (Fsp3) is 0.100. The number of imidazole rings is 1. The van der Waals surface area contributed by atoms with E-state index in [1.54, 1.807) is 18.6 Å². The molecule has 0 bridgehead atoms. The fourth-order valence-electron chi connectivity index (χ4n) is 3.03. The monoisotopic (exact) mass is 382 g/mol. The van der Waals surface area contributed by atoms with Crippen LogP contribution in [0.1, 0.15) is 18.5 Å². The van der Waals surface area contributed by atoms with Gasteiger partial charge >= 0.3 is 0 Å². The molecular weight excluding hydrogens is 367 g/mol. The Morgan fingerprint density at radius 3 is 2.89 bits per heavy atom. The number of fused-ring (bicyclic) bond motifs is 1. The molecule has 7 heteroatoms. The lowest BCUT2D eigenvalue weighted by Crippen LogP contribution is -2.19. The summed E-state index contributed by atoms with van der Waals surface area (Å²) in [5.41, 5.74) is 2.51. The summed E-state index contributed by atoms with van der Waals surface area (Å²) in [5, 5.41) is 4.03. The number of rotatable bonds is 4. The molecule has 4 aromatic rings. The molecule has 1 atom stereocenters. The molecular formula is C20H16ClFN4O. The van der Waals surface area contributed by atoms with E-state index in [0.717, 1.165) is 11.4 Å². The van der Waals surface area contributed by atoms with Crippen LogP contribution in [-0.2, 0) is 0 Å². The fourth-order valence-corrected chi connectivity index (χ4v) is 3.21. The van der Waals surface area contributed by atoms with Crippen LogP contribution < -0.4 is 10.9 Å². The van der Waals surface area contributed by atoms with Crippen molar-refractivity contribution < 1.29 is 4.39 Å². The zero-order chi connectivity index (χ0) is 19.0. The van der Waals surface area contributed by atoms with Crippen LogP contribution in [0.4, 0.5) is 10.1 Å². The van der Waals surface area contributed by atoms with Crippen LogP contribution >= 0.6 is 11.6 Å². The van der Waals surface area contributed by atoms with E-state index in [-0.39, 0.29) is 16.6 Å². The van der Waals surface area contributed by atoms with Crippen LogP contribution in [0.15, 0.2) is 66.0 Å². The maximum absolute atomic E-state index is 13.6. The van der Waals surface area contributed by atoms with Gasteiger partial charge in [0.15, 0.2) is 0 Å². The van der Waals surface area contributed by atoms with Crippen molar-refractivity contribution in [3.05, 3.63) is 87.9 Å². The number of H-pyrrole nitrogens is 1. The van der Waals surface area contributed by atoms with Crippen molar-refractivity contribution in [2.75, 3.05) is 5.32 Å². The minimum absolute atomic E-state index is 0.0224. The molecule has 5 nitrogen and oxygen atoms in total. The normalized spacial score (nSPS) is 12.3. The highest BCUT2D eigenvalue weighted by Crippen LogP contribution is 2.24. The van der Waals surface area contributed by atoms with E-state index in [4.69, 9.17) is 11.6 Å². The largest absolute Gasteiger partial charge is 0.378 e. The van der Waals surface area contributed by atoms with Crippen LogP contribution in [0.3, 0.4) is 0 Å². The van der Waals surface area contributed by atoms with Crippen LogP contribution in [0.2, 0.25) is 5.02 Å². The summed E-state index contributed by atoms with van der Waals surface area (Å²) in [6.07, 6.45) is 5.30. The number of nitrogens with zero attached hydrogens (tertiary/aromatic N) is 2. The molecule has 0 amide bonds. The molecule has 2 aromatic heterocycles. The lowest BCUT2D eigenvalue weighted by Gasteiger charge is -2.16. The molecule has 0 saturated carbocycles. The Morgan fingerprint density at radius 1 is 1.26 bits per heavy atom. The number of anilines is 1. The summed E-state index contributed by atoms with van der Waals surface area (Å²) in [6, 6.07) is 12.0. The molecule has 0 fully saturated rings. The van der Waals surface area contributed by atoms with Crippen molar-refractivity contribution in [3.8, 4) is 5.69 Å². The Morgan fingerprint density at radius 2 is 2.11 bits per heavy atom. The highest BCUT2D eigenvalue weighted by molar-refractivity contribution is 6.31. The number of benzene rings is 2. The van der Waals surface area contributed by atoms with Gasteiger partial charge < -0.3 is 14.9 Å². The van der Waals surface area contributed by atoms with Gasteiger partial charge in [-0.25, -0.2) is 9.37 Å². The van der Waals surface area contributed by atoms with Gasteiger partial charge in [0.05, 0.1) is 22.9 Å². The van der Waals surface area contributed by atoms with Gasteiger partial charge in [0.1, 0.15) is 5.82 Å². The Bertz CT molecular complexity index is 1170. The zero-order valence-corrected chi connectivity index (χ0v) is 15.2. The van der Waals surface area contributed by atoms with Gasteiger partial charge in [-0.3, -0.25) is 4.79 Å². The van der Waals surface area contributed by atoms with E-state index in [2.05, 4.69) is 15.3 Å². The third kappa shape index (κ3) is 3.44. The molecule has 0 spiro atoms. The molecule has 4 rings (SSSR count). The summed E-state index contributed by atoms with van der Waals surface area (Å²) in [4.78, 5) is 19.2. The van der Waals surface area contributed by atoms with Crippen molar-refractivity contribution in [1.82, 2.24) is 14.5 Å². The summed E-state index contributed by atoms with van der Waals surface area (Å²) in [6.45, 7) is 1.89. The molecule has 0 saturated heterocycles. The number of aromatic amines is 1. The van der Waals surface area contributed by atoms with E-state index in [1.165, 1.54) is 12.1 Å². The van der Waals surface area contributed by atoms with Gasteiger partial charge in [-0.15, -0.1) is 0 Å². The second-order valence-electron chi connectivity index (χ2n) is 6.29. The SMILES string of the molecule is C[C@H](Nc1cccc(-n2ccnc2)c1)c1cc2cc(Cl)c(F)cc2[nH]c1=O. The second kappa shape index (κ2) is 6.89. The smallest absolute Gasteiger partial charge is 0.253 e. The average molecular weight is 383 g/mol. The van der Waals surface area contributed by atoms with Crippen LogP contribution in [0, 0.1) is 5.82 Å². The molecule has 27 heavy (non-hydrogen) atoms. The lowest BCUT2D eigenvalue weighted by atomic mass is 10.1. The van der Waals surface area contributed by atoms with Crippen LogP contribution in [-0.4, -0.2) is 14.5 Å².